The van der Waals surface area contributed by atoms with E-state index in [4.69, 9.17) is 9.47 Å². The third-order valence-electron chi connectivity index (χ3n) is 4.40. The van der Waals surface area contributed by atoms with Gasteiger partial charge < -0.3 is 24.8 Å². The molecule has 0 aliphatic carbocycles. The van der Waals surface area contributed by atoms with Crippen molar-refractivity contribution in [1.29, 1.82) is 0 Å². The van der Waals surface area contributed by atoms with Crippen molar-refractivity contribution >= 4 is 17.7 Å². The Labute approximate surface area is 154 Å². The van der Waals surface area contributed by atoms with E-state index >= 15 is 0 Å². The minimum absolute atomic E-state index is 0.199. The van der Waals surface area contributed by atoms with E-state index < -0.39 is 11.4 Å². The Balaban J connectivity index is 2.06. The molecular weight excluding hydrogens is 336 g/mol. The summed E-state index contributed by atoms with van der Waals surface area (Å²) in [5.74, 6) is 0.369. The number of ether oxygens (including phenoxy) is 2. The normalized spacial score (nSPS) is 19.3. The summed E-state index contributed by atoms with van der Waals surface area (Å²) in [6, 6.07) is 4.97. The summed E-state index contributed by atoms with van der Waals surface area (Å²) in [4.78, 5) is 25.3. The summed E-state index contributed by atoms with van der Waals surface area (Å²) in [5, 5.41) is 12.1. The molecule has 26 heavy (non-hydrogen) atoms. The fourth-order valence-electron chi connectivity index (χ4n) is 2.75. The Kier molecular flexibility index (Phi) is 6.71. The first-order valence-corrected chi connectivity index (χ1v) is 9.08. The number of nitrogens with one attached hydrogen (secondary N) is 1. The number of carbonyl (C=O) groups excluding carboxylic acids is 1. The number of benzene rings is 1. The summed E-state index contributed by atoms with van der Waals surface area (Å²) in [6.07, 6.45) is 2.21. The van der Waals surface area contributed by atoms with Gasteiger partial charge in [-0.25, -0.2) is 4.79 Å². The number of hydrogen-bond acceptors (Lipinski definition) is 4. The van der Waals surface area contributed by atoms with Gasteiger partial charge in [0.25, 0.3) is 0 Å². The molecule has 2 amide bonds. The summed E-state index contributed by atoms with van der Waals surface area (Å²) < 4.78 is 11.4. The van der Waals surface area contributed by atoms with Gasteiger partial charge in [0, 0.05) is 24.8 Å². The monoisotopic (exact) mass is 364 g/mol. The van der Waals surface area contributed by atoms with E-state index in [9.17, 15) is 14.7 Å². The lowest BCUT2D eigenvalue weighted by molar-refractivity contribution is -0.146. The lowest BCUT2D eigenvalue weighted by Crippen LogP contribution is -2.37. The number of anilines is 1. The van der Waals surface area contributed by atoms with Gasteiger partial charge >= 0.3 is 12.0 Å². The zero-order valence-corrected chi connectivity index (χ0v) is 15.7. The molecule has 0 radical (unpaired) electrons. The maximum absolute atomic E-state index is 12.5. The van der Waals surface area contributed by atoms with Crippen LogP contribution in [-0.2, 0) is 4.79 Å². The van der Waals surface area contributed by atoms with Crippen molar-refractivity contribution in [3.8, 4) is 11.5 Å². The standard InChI is InChI=1S/C19H28N2O5/c1-4-10-25-15-7-6-14(12-16(15)26-11-5-2)20-18(24)21-9-8-19(3,13-21)17(22)23/h6-7,12H,4-5,8-11,13H2,1-3H3,(H,20,24)(H,22,23). The van der Waals surface area contributed by atoms with Crippen LogP contribution in [0, 0.1) is 5.41 Å². The van der Waals surface area contributed by atoms with Crippen LogP contribution in [0.15, 0.2) is 18.2 Å². The summed E-state index contributed by atoms with van der Waals surface area (Å²) >= 11 is 0. The molecular formula is C19H28N2O5. The molecule has 2 N–H and O–H groups in total. The van der Waals surface area contributed by atoms with Crippen molar-refractivity contribution in [1.82, 2.24) is 4.90 Å². The van der Waals surface area contributed by atoms with Crippen LogP contribution in [0.25, 0.3) is 0 Å². The maximum Gasteiger partial charge on any atom is 0.321 e. The van der Waals surface area contributed by atoms with Crippen LogP contribution in [-0.4, -0.2) is 48.3 Å². The molecule has 7 heteroatoms. The number of carbonyl (C=O) groups is 2. The van der Waals surface area contributed by atoms with Crippen LogP contribution in [0.4, 0.5) is 10.5 Å². The number of nitrogens with zero attached hydrogens (tertiary/aromatic N) is 1. The number of likely N-dealkylation sites (tertiary alicyclic amines) is 1. The second-order valence-corrected chi connectivity index (χ2v) is 6.83. The van der Waals surface area contributed by atoms with Gasteiger partial charge in [-0.1, -0.05) is 13.8 Å². The first-order chi connectivity index (χ1) is 12.4. The quantitative estimate of drug-likeness (QED) is 0.736. The highest BCUT2D eigenvalue weighted by molar-refractivity contribution is 5.90. The molecule has 1 aliphatic heterocycles. The molecule has 1 aromatic rings. The number of rotatable bonds is 8. The zero-order chi connectivity index (χ0) is 19.2. The van der Waals surface area contributed by atoms with Crippen LogP contribution < -0.4 is 14.8 Å². The Morgan fingerprint density at radius 1 is 1.19 bits per heavy atom. The van der Waals surface area contributed by atoms with E-state index in [1.165, 1.54) is 4.90 Å². The van der Waals surface area contributed by atoms with Crippen molar-refractivity contribution in [2.75, 3.05) is 31.6 Å². The summed E-state index contributed by atoms with van der Waals surface area (Å²) in [7, 11) is 0. The Morgan fingerprint density at radius 2 is 1.85 bits per heavy atom. The molecule has 0 aromatic heterocycles. The van der Waals surface area contributed by atoms with Crippen LogP contribution >= 0.6 is 0 Å². The highest BCUT2D eigenvalue weighted by Gasteiger charge is 2.42. The minimum Gasteiger partial charge on any atom is -0.490 e. The highest BCUT2D eigenvalue weighted by atomic mass is 16.5. The molecule has 1 fully saturated rings. The number of aliphatic carboxylic acids is 1. The molecule has 2 rings (SSSR count). The predicted molar refractivity (Wildman–Crippen MR) is 99.0 cm³/mol. The second kappa shape index (κ2) is 8.78. The van der Waals surface area contributed by atoms with Gasteiger partial charge in [0.1, 0.15) is 0 Å². The van der Waals surface area contributed by atoms with Crippen molar-refractivity contribution in [3.63, 3.8) is 0 Å². The fourth-order valence-corrected chi connectivity index (χ4v) is 2.75. The molecule has 7 nitrogen and oxygen atoms in total. The molecule has 1 heterocycles. The van der Waals surface area contributed by atoms with Gasteiger partial charge in [0.05, 0.1) is 18.6 Å². The number of carboxylic acid groups (broad SMARTS) is 1. The van der Waals surface area contributed by atoms with Gasteiger partial charge in [-0.3, -0.25) is 4.79 Å². The topological polar surface area (TPSA) is 88.1 Å². The molecule has 1 atom stereocenters. The van der Waals surface area contributed by atoms with Gasteiger partial charge in [0.2, 0.25) is 0 Å². The van der Waals surface area contributed by atoms with Crippen LogP contribution in [0.2, 0.25) is 0 Å². The predicted octanol–water partition coefficient (Wildman–Crippen LogP) is 3.59. The number of carboxylic acids is 1. The van der Waals surface area contributed by atoms with Crippen LogP contribution in [0.1, 0.15) is 40.0 Å². The average Bonchev–Trinajstić information content (AvgIpc) is 3.03. The van der Waals surface area contributed by atoms with Crippen molar-refractivity contribution in [2.45, 2.75) is 40.0 Å². The number of hydrogen-bond donors (Lipinski definition) is 2. The first-order valence-electron chi connectivity index (χ1n) is 9.08. The van der Waals surface area contributed by atoms with Crippen LogP contribution in [0.5, 0.6) is 11.5 Å². The molecule has 1 saturated heterocycles. The van der Waals surface area contributed by atoms with Crippen molar-refractivity contribution in [2.24, 2.45) is 5.41 Å². The van der Waals surface area contributed by atoms with Crippen molar-refractivity contribution in [3.05, 3.63) is 18.2 Å². The smallest absolute Gasteiger partial charge is 0.321 e. The lowest BCUT2D eigenvalue weighted by atomic mass is 9.90. The van der Waals surface area contributed by atoms with E-state index in [1.807, 2.05) is 13.8 Å². The van der Waals surface area contributed by atoms with Gasteiger partial charge in [0.15, 0.2) is 11.5 Å². The van der Waals surface area contributed by atoms with Crippen LogP contribution in [0.3, 0.4) is 0 Å². The van der Waals surface area contributed by atoms with E-state index in [0.29, 0.717) is 43.4 Å². The molecule has 1 unspecified atom stereocenters. The third kappa shape index (κ3) is 4.80. The minimum atomic E-state index is -0.884. The SMILES string of the molecule is CCCOc1ccc(NC(=O)N2CCC(C)(C(=O)O)C2)cc1OCCC. The van der Waals surface area contributed by atoms with E-state index in [0.717, 1.165) is 12.8 Å². The average molecular weight is 364 g/mol. The van der Waals surface area contributed by atoms with E-state index in [-0.39, 0.29) is 12.6 Å². The molecule has 144 valence electrons. The van der Waals surface area contributed by atoms with Gasteiger partial charge in [-0.05, 0) is 38.3 Å². The molecule has 1 aliphatic rings. The summed E-state index contributed by atoms with van der Waals surface area (Å²) in [6.45, 7) is 7.49. The molecule has 0 bridgehead atoms. The lowest BCUT2D eigenvalue weighted by Gasteiger charge is -2.21. The number of urea groups is 1. The third-order valence-corrected chi connectivity index (χ3v) is 4.40. The molecule has 1 aromatic carbocycles. The van der Waals surface area contributed by atoms with E-state index in [1.54, 1.807) is 25.1 Å². The number of amides is 2. The first kappa shape index (κ1) is 19.9. The molecule has 0 spiro atoms. The Bertz CT molecular complexity index is 649. The van der Waals surface area contributed by atoms with Gasteiger partial charge in [-0.15, -0.1) is 0 Å². The fraction of sp³-hybridized carbons (Fsp3) is 0.579. The zero-order valence-electron chi connectivity index (χ0n) is 15.7. The second-order valence-electron chi connectivity index (χ2n) is 6.83. The molecule has 0 saturated carbocycles. The maximum atomic E-state index is 12.5. The van der Waals surface area contributed by atoms with Gasteiger partial charge in [-0.2, -0.15) is 0 Å². The van der Waals surface area contributed by atoms with Crippen molar-refractivity contribution < 1.29 is 24.2 Å². The summed E-state index contributed by atoms with van der Waals surface area (Å²) in [5.41, 5.74) is -0.293. The Morgan fingerprint density at radius 3 is 2.42 bits per heavy atom. The highest BCUT2D eigenvalue weighted by Crippen LogP contribution is 2.33. The Hall–Kier alpha value is -2.44. The van der Waals surface area contributed by atoms with E-state index in [2.05, 4.69) is 5.32 Å². The largest absolute Gasteiger partial charge is 0.490 e.